The maximum absolute atomic E-state index is 11.8. The number of aromatic nitrogens is 2. The summed E-state index contributed by atoms with van der Waals surface area (Å²) in [4.78, 5) is 30.1. The van der Waals surface area contributed by atoms with E-state index in [1.165, 1.54) is 12.4 Å². The number of amides is 1. The predicted molar refractivity (Wildman–Crippen MR) is 63.8 cm³/mol. The van der Waals surface area contributed by atoms with Crippen LogP contribution >= 0.6 is 0 Å². The van der Waals surface area contributed by atoms with Gasteiger partial charge in [0.25, 0.3) is 5.91 Å². The van der Waals surface area contributed by atoms with E-state index in [0.29, 0.717) is 0 Å². The Kier molecular flexibility index (Phi) is 4.43. The largest absolute Gasteiger partial charge is 0.479 e. The SMILES string of the molecule is O=C(N[C@@H]1O[C@H](C(=O)O)[C@@H](O)[C@H](O)[C@H]1O)c1cnccn1. The van der Waals surface area contributed by atoms with Gasteiger partial charge >= 0.3 is 5.97 Å². The molecule has 10 nitrogen and oxygen atoms in total. The highest BCUT2D eigenvalue weighted by Gasteiger charge is 2.47. The van der Waals surface area contributed by atoms with Gasteiger partial charge in [0, 0.05) is 12.4 Å². The van der Waals surface area contributed by atoms with E-state index >= 15 is 0 Å². The van der Waals surface area contributed by atoms with Crippen LogP contribution in [0.25, 0.3) is 0 Å². The van der Waals surface area contributed by atoms with E-state index in [2.05, 4.69) is 15.3 Å². The second-order valence-electron chi connectivity index (χ2n) is 4.35. The molecule has 10 heteroatoms. The number of hydrogen-bond acceptors (Lipinski definition) is 8. The second kappa shape index (κ2) is 6.10. The summed E-state index contributed by atoms with van der Waals surface area (Å²) in [6.07, 6.45) is -4.82. The van der Waals surface area contributed by atoms with Crippen LogP contribution < -0.4 is 5.32 Å². The standard InChI is InChI=1S/C11H13N3O7/c15-5-6(16)8(11(19)20)21-10(7(5)17)14-9(18)4-3-12-1-2-13-4/h1-3,5-8,10,15-17H,(H,14,18)(H,19,20)/t5-,6-,7+,8-,10+/m0/s1. The molecule has 114 valence electrons. The van der Waals surface area contributed by atoms with Crippen molar-refractivity contribution in [3.63, 3.8) is 0 Å². The highest BCUT2D eigenvalue weighted by atomic mass is 16.6. The number of carbonyl (C=O) groups excluding carboxylic acids is 1. The van der Waals surface area contributed by atoms with Gasteiger partial charge < -0.3 is 30.5 Å². The zero-order valence-corrected chi connectivity index (χ0v) is 10.5. The first kappa shape index (κ1) is 15.3. The van der Waals surface area contributed by atoms with Gasteiger partial charge in [-0.25, -0.2) is 9.78 Å². The molecule has 0 saturated carbocycles. The predicted octanol–water partition coefficient (Wildman–Crippen LogP) is -2.90. The van der Waals surface area contributed by atoms with Crippen LogP contribution in [0.2, 0.25) is 0 Å². The first-order chi connectivity index (χ1) is 9.91. The van der Waals surface area contributed by atoms with Gasteiger partial charge in [0.15, 0.2) is 12.3 Å². The van der Waals surface area contributed by atoms with Gasteiger partial charge in [0.1, 0.15) is 24.0 Å². The molecule has 1 aliphatic heterocycles. The molecule has 1 amide bonds. The van der Waals surface area contributed by atoms with Crippen LogP contribution in [0.3, 0.4) is 0 Å². The quantitative estimate of drug-likeness (QED) is 0.394. The van der Waals surface area contributed by atoms with Crippen LogP contribution in [0.4, 0.5) is 0 Å². The number of hydrogen-bond donors (Lipinski definition) is 5. The fourth-order valence-electron chi connectivity index (χ4n) is 1.82. The summed E-state index contributed by atoms with van der Waals surface area (Å²) in [7, 11) is 0. The average molecular weight is 299 g/mol. The minimum absolute atomic E-state index is 0.0826. The molecule has 0 radical (unpaired) electrons. The normalized spacial score (nSPS) is 32.4. The fraction of sp³-hybridized carbons (Fsp3) is 0.455. The number of carboxylic acid groups (broad SMARTS) is 1. The van der Waals surface area contributed by atoms with Crippen LogP contribution in [0.15, 0.2) is 18.6 Å². The molecule has 5 N–H and O–H groups in total. The Morgan fingerprint density at radius 2 is 1.86 bits per heavy atom. The third kappa shape index (κ3) is 3.13. The van der Waals surface area contributed by atoms with Crippen molar-refractivity contribution in [2.75, 3.05) is 0 Å². The molecule has 1 aromatic heterocycles. The summed E-state index contributed by atoms with van der Waals surface area (Å²) in [5.41, 5.74) is -0.0826. The maximum atomic E-state index is 11.8. The van der Waals surface area contributed by atoms with Crippen LogP contribution in [-0.2, 0) is 9.53 Å². The maximum Gasteiger partial charge on any atom is 0.335 e. The van der Waals surface area contributed by atoms with Crippen molar-refractivity contribution < 1.29 is 34.8 Å². The molecule has 21 heavy (non-hydrogen) atoms. The first-order valence-corrected chi connectivity index (χ1v) is 5.91. The zero-order chi connectivity index (χ0) is 15.6. The molecular formula is C11H13N3O7. The second-order valence-corrected chi connectivity index (χ2v) is 4.35. The molecule has 0 aromatic carbocycles. The summed E-state index contributed by atoms with van der Waals surface area (Å²) in [6.45, 7) is 0. The number of aliphatic hydroxyl groups excluding tert-OH is 3. The highest BCUT2D eigenvalue weighted by Crippen LogP contribution is 2.20. The molecule has 0 unspecified atom stereocenters. The van der Waals surface area contributed by atoms with Crippen molar-refractivity contribution >= 4 is 11.9 Å². The number of ether oxygens (including phenoxy) is 1. The van der Waals surface area contributed by atoms with Crippen LogP contribution in [0.5, 0.6) is 0 Å². The summed E-state index contributed by atoms with van der Waals surface area (Å²) in [6, 6.07) is 0. The lowest BCUT2D eigenvalue weighted by atomic mass is 9.98. The Labute approximate surface area is 118 Å². The summed E-state index contributed by atoms with van der Waals surface area (Å²) in [5.74, 6) is -2.31. The number of nitrogens with zero attached hydrogens (tertiary/aromatic N) is 2. The molecule has 0 spiro atoms. The minimum atomic E-state index is -1.82. The van der Waals surface area contributed by atoms with Crippen LogP contribution in [0, 0.1) is 0 Å². The molecule has 1 fully saturated rings. The third-order valence-electron chi connectivity index (χ3n) is 2.93. The van der Waals surface area contributed by atoms with Gasteiger partial charge in [-0.3, -0.25) is 9.78 Å². The molecule has 0 bridgehead atoms. The number of rotatable bonds is 3. The first-order valence-electron chi connectivity index (χ1n) is 5.91. The van der Waals surface area contributed by atoms with Gasteiger partial charge in [-0.2, -0.15) is 0 Å². The number of nitrogens with one attached hydrogen (secondary N) is 1. The number of aliphatic hydroxyl groups is 3. The summed E-state index contributed by atoms with van der Waals surface area (Å²) >= 11 is 0. The molecule has 1 saturated heterocycles. The fourth-order valence-corrected chi connectivity index (χ4v) is 1.82. The Morgan fingerprint density at radius 3 is 2.43 bits per heavy atom. The molecular weight excluding hydrogens is 286 g/mol. The monoisotopic (exact) mass is 299 g/mol. The summed E-state index contributed by atoms with van der Waals surface area (Å²) < 4.78 is 4.90. The number of carboxylic acids is 1. The number of carbonyl (C=O) groups is 2. The van der Waals surface area contributed by atoms with E-state index in [9.17, 15) is 24.9 Å². The molecule has 1 aromatic rings. The minimum Gasteiger partial charge on any atom is -0.479 e. The van der Waals surface area contributed by atoms with E-state index in [-0.39, 0.29) is 5.69 Å². The third-order valence-corrected chi connectivity index (χ3v) is 2.93. The van der Waals surface area contributed by atoms with Gasteiger partial charge in [-0.05, 0) is 0 Å². The Balaban J connectivity index is 2.11. The van der Waals surface area contributed by atoms with Gasteiger partial charge in [0.2, 0.25) is 0 Å². The molecule has 2 heterocycles. The molecule has 2 rings (SSSR count). The average Bonchev–Trinajstić information content (AvgIpc) is 2.48. The Hall–Kier alpha value is -2.14. The zero-order valence-electron chi connectivity index (χ0n) is 10.5. The topological polar surface area (TPSA) is 162 Å². The summed E-state index contributed by atoms with van der Waals surface area (Å²) in [5, 5.41) is 39.9. The molecule has 1 aliphatic rings. The van der Waals surface area contributed by atoms with Gasteiger partial charge in [0.05, 0.1) is 6.20 Å². The van der Waals surface area contributed by atoms with Crippen molar-refractivity contribution in [2.24, 2.45) is 0 Å². The van der Waals surface area contributed by atoms with Crippen molar-refractivity contribution in [2.45, 2.75) is 30.6 Å². The van der Waals surface area contributed by atoms with Crippen molar-refractivity contribution in [1.29, 1.82) is 0 Å². The van der Waals surface area contributed by atoms with E-state index in [1.807, 2.05) is 0 Å². The Morgan fingerprint density at radius 1 is 1.14 bits per heavy atom. The van der Waals surface area contributed by atoms with E-state index in [1.54, 1.807) is 0 Å². The lowest BCUT2D eigenvalue weighted by Gasteiger charge is -2.38. The van der Waals surface area contributed by atoms with E-state index < -0.39 is 42.5 Å². The van der Waals surface area contributed by atoms with Crippen molar-refractivity contribution in [3.8, 4) is 0 Å². The van der Waals surface area contributed by atoms with Gasteiger partial charge in [-0.15, -0.1) is 0 Å². The van der Waals surface area contributed by atoms with E-state index in [0.717, 1.165) is 6.20 Å². The van der Waals surface area contributed by atoms with Gasteiger partial charge in [-0.1, -0.05) is 0 Å². The lowest BCUT2D eigenvalue weighted by Crippen LogP contribution is -2.64. The van der Waals surface area contributed by atoms with Crippen molar-refractivity contribution in [3.05, 3.63) is 24.3 Å². The van der Waals surface area contributed by atoms with Crippen molar-refractivity contribution in [1.82, 2.24) is 15.3 Å². The molecule has 0 aliphatic carbocycles. The van der Waals surface area contributed by atoms with Crippen LogP contribution in [-0.4, -0.2) is 72.9 Å². The van der Waals surface area contributed by atoms with Crippen LogP contribution in [0.1, 0.15) is 10.5 Å². The van der Waals surface area contributed by atoms with E-state index in [4.69, 9.17) is 9.84 Å². The lowest BCUT2D eigenvalue weighted by molar-refractivity contribution is -0.231. The highest BCUT2D eigenvalue weighted by molar-refractivity contribution is 5.92. The Bertz CT molecular complexity index is 526. The smallest absolute Gasteiger partial charge is 0.335 e. The molecule has 5 atom stereocenters. The number of aliphatic carboxylic acids is 1.